The lowest BCUT2D eigenvalue weighted by Gasteiger charge is -2.19. The highest BCUT2D eigenvalue weighted by Gasteiger charge is 2.32. The van der Waals surface area contributed by atoms with Gasteiger partial charge in [0.05, 0.1) is 6.04 Å². The van der Waals surface area contributed by atoms with Crippen LogP contribution in [0.15, 0.2) is 24.3 Å². The monoisotopic (exact) mass is 289 g/mol. The molecule has 0 radical (unpaired) electrons. The first-order chi connectivity index (χ1) is 9.24. The number of halogens is 3. The minimum Gasteiger partial charge on any atom is -0.406 e. The van der Waals surface area contributed by atoms with E-state index < -0.39 is 12.4 Å². The van der Waals surface area contributed by atoms with Crippen LogP contribution in [0.25, 0.3) is 0 Å². The van der Waals surface area contributed by atoms with Gasteiger partial charge in [-0.1, -0.05) is 32.0 Å². The van der Waals surface area contributed by atoms with Crippen LogP contribution in [-0.2, 0) is 11.2 Å². The summed E-state index contributed by atoms with van der Waals surface area (Å²) in [7, 11) is 1.61. The van der Waals surface area contributed by atoms with Crippen molar-refractivity contribution >= 4 is 5.78 Å². The maximum atomic E-state index is 12.3. The van der Waals surface area contributed by atoms with Gasteiger partial charge in [0.2, 0.25) is 0 Å². The molecule has 0 amide bonds. The van der Waals surface area contributed by atoms with Gasteiger partial charge in [0.1, 0.15) is 5.75 Å². The largest absolute Gasteiger partial charge is 0.573 e. The van der Waals surface area contributed by atoms with Gasteiger partial charge < -0.3 is 10.1 Å². The second kappa shape index (κ2) is 6.74. The number of nitrogens with one attached hydrogen (secondary N) is 1. The molecule has 0 aromatic heterocycles. The molecule has 6 heteroatoms. The molecule has 1 N–H and O–H groups in total. The van der Waals surface area contributed by atoms with Crippen LogP contribution in [0.2, 0.25) is 0 Å². The van der Waals surface area contributed by atoms with Crippen LogP contribution >= 0.6 is 0 Å². The summed E-state index contributed by atoms with van der Waals surface area (Å²) in [5.41, 5.74) is 0.346. The van der Waals surface area contributed by atoms with Gasteiger partial charge in [-0.2, -0.15) is 0 Å². The highest BCUT2D eigenvalue weighted by Crippen LogP contribution is 2.27. The smallest absolute Gasteiger partial charge is 0.406 e. The van der Waals surface area contributed by atoms with Gasteiger partial charge in [-0.15, -0.1) is 13.2 Å². The van der Waals surface area contributed by atoms with Crippen LogP contribution in [0.5, 0.6) is 5.75 Å². The summed E-state index contributed by atoms with van der Waals surface area (Å²) in [5.74, 6) is -0.505. The average molecular weight is 289 g/mol. The molecule has 0 bridgehead atoms. The molecule has 1 aromatic rings. The van der Waals surface area contributed by atoms with E-state index in [1.807, 2.05) is 0 Å². The predicted molar refractivity (Wildman–Crippen MR) is 69.5 cm³/mol. The first-order valence-electron chi connectivity index (χ1n) is 6.29. The maximum Gasteiger partial charge on any atom is 0.573 e. The van der Waals surface area contributed by atoms with Crippen molar-refractivity contribution in [2.45, 2.75) is 32.7 Å². The van der Waals surface area contributed by atoms with Crippen molar-refractivity contribution in [1.29, 1.82) is 0 Å². The Balaban J connectivity index is 2.93. The molecule has 1 atom stereocenters. The molecule has 1 unspecified atom stereocenters. The highest BCUT2D eigenvalue weighted by atomic mass is 19.4. The molecule has 20 heavy (non-hydrogen) atoms. The summed E-state index contributed by atoms with van der Waals surface area (Å²) < 4.78 is 40.9. The second-order valence-corrected chi connectivity index (χ2v) is 4.76. The normalized spacial score (nSPS) is 13.3. The van der Waals surface area contributed by atoms with Crippen LogP contribution in [0.4, 0.5) is 13.2 Å². The molecular weight excluding hydrogens is 271 g/mol. The summed E-state index contributed by atoms with van der Waals surface area (Å²) in [4.78, 5) is 11.9. The van der Waals surface area contributed by atoms with Crippen molar-refractivity contribution in [2.75, 3.05) is 7.05 Å². The zero-order valence-electron chi connectivity index (χ0n) is 11.6. The third kappa shape index (κ3) is 4.85. The number of likely N-dealkylation sites (N-methyl/N-ethyl adjacent to an activating group) is 1. The number of ketones is 1. The van der Waals surface area contributed by atoms with Crippen molar-refractivity contribution < 1.29 is 22.7 Å². The van der Waals surface area contributed by atoms with Crippen molar-refractivity contribution in [1.82, 2.24) is 5.32 Å². The molecule has 0 aliphatic carbocycles. The molecule has 1 rings (SSSR count). The zero-order valence-corrected chi connectivity index (χ0v) is 11.6. The Labute approximate surface area is 116 Å². The Bertz CT molecular complexity index is 458. The van der Waals surface area contributed by atoms with Gasteiger partial charge in [0.25, 0.3) is 0 Å². The third-order valence-corrected chi connectivity index (χ3v) is 2.88. The Kier molecular flexibility index (Phi) is 5.56. The van der Waals surface area contributed by atoms with Crippen molar-refractivity contribution in [3.63, 3.8) is 0 Å². The lowest BCUT2D eigenvalue weighted by atomic mass is 9.95. The number of hydrogen-bond donors (Lipinski definition) is 1. The van der Waals surface area contributed by atoms with Gasteiger partial charge >= 0.3 is 6.36 Å². The lowest BCUT2D eigenvalue weighted by Crippen LogP contribution is -2.38. The topological polar surface area (TPSA) is 38.3 Å². The summed E-state index contributed by atoms with van der Waals surface area (Å²) in [6.07, 6.45) is -4.59. The fourth-order valence-electron chi connectivity index (χ4n) is 1.86. The molecular formula is C14H18F3NO2. The van der Waals surface area contributed by atoms with Gasteiger partial charge in [0.15, 0.2) is 5.78 Å². The molecule has 112 valence electrons. The Morgan fingerprint density at radius 3 is 2.40 bits per heavy atom. The van der Waals surface area contributed by atoms with Crippen molar-refractivity contribution in [2.24, 2.45) is 5.92 Å². The number of ether oxygens (including phenoxy) is 1. The Morgan fingerprint density at radius 2 is 1.90 bits per heavy atom. The molecule has 0 aliphatic rings. The molecule has 0 spiro atoms. The van der Waals surface area contributed by atoms with Gasteiger partial charge in [-0.3, -0.25) is 4.79 Å². The molecule has 0 saturated heterocycles. The minimum atomic E-state index is -4.74. The van der Waals surface area contributed by atoms with Crippen molar-refractivity contribution in [3.8, 4) is 5.75 Å². The summed E-state index contributed by atoms with van der Waals surface area (Å²) in [5, 5.41) is 2.84. The SMILES string of the molecule is CNC(Cc1ccccc1OC(F)(F)F)C(=O)C(C)C. The summed E-state index contributed by atoms with van der Waals surface area (Å²) in [6.45, 7) is 3.51. The lowest BCUT2D eigenvalue weighted by molar-refractivity contribution is -0.274. The quantitative estimate of drug-likeness (QED) is 0.875. The standard InChI is InChI=1S/C14H18F3NO2/c1-9(2)13(19)11(18-3)8-10-6-4-5-7-12(10)20-14(15,16)17/h4-7,9,11,18H,8H2,1-3H3. The fourth-order valence-corrected chi connectivity index (χ4v) is 1.86. The van der Waals surface area contributed by atoms with Crippen LogP contribution in [0, 0.1) is 5.92 Å². The van der Waals surface area contributed by atoms with Crippen LogP contribution in [0.3, 0.4) is 0 Å². The second-order valence-electron chi connectivity index (χ2n) is 4.76. The van der Waals surface area contributed by atoms with Crippen molar-refractivity contribution in [3.05, 3.63) is 29.8 Å². The number of hydrogen-bond acceptors (Lipinski definition) is 3. The fraction of sp³-hybridized carbons (Fsp3) is 0.500. The number of benzene rings is 1. The number of Topliss-reactive ketones (excluding diaryl/α,β-unsaturated/α-hetero) is 1. The number of carbonyl (C=O) groups is 1. The zero-order chi connectivity index (χ0) is 15.3. The molecule has 3 nitrogen and oxygen atoms in total. The maximum absolute atomic E-state index is 12.3. The Morgan fingerprint density at radius 1 is 1.30 bits per heavy atom. The van der Waals surface area contributed by atoms with Gasteiger partial charge in [-0.05, 0) is 25.1 Å². The van der Waals surface area contributed by atoms with E-state index in [0.717, 1.165) is 0 Å². The van der Waals surface area contributed by atoms with E-state index in [4.69, 9.17) is 0 Å². The molecule has 0 saturated carbocycles. The third-order valence-electron chi connectivity index (χ3n) is 2.88. The molecule has 1 aromatic carbocycles. The Hall–Kier alpha value is -1.56. The first-order valence-corrected chi connectivity index (χ1v) is 6.29. The average Bonchev–Trinajstić information content (AvgIpc) is 2.35. The number of alkyl halides is 3. The number of carbonyl (C=O) groups excluding carboxylic acids is 1. The van der Waals surface area contributed by atoms with Gasteiger partial charge in [0, 0.05) is 5.92 Å². The van der Waals surface area contributed by atoms with Gasteiger partial charge in [-0.25, -0.2) is 0 Å². The highest BCUT2D eigenvalue weighted by molar-refractivity contribution is 5.86. The number of rotatable bonds is 6. The predicted octanol–water partition coefficient (Wildman–Crippen LogP) is 2.94. The van der Waals surface area contributed by atoms with E-state index in [9.17, 15) is 18.0 Å². The molecule has 0 aliphatic heterocycles. The summed E-state index contributed by atoms with van der Waals surface area (Å²) in [6, 6.07) is 5.32. The van der Waals surface area contributed by atoms with Crippen LogP contribution in [-0.4, -0.2) is 25.2 Å². The molecule has 0 heterocycles. The van der Waals surface area contributed by atoms with E-state index in [1.165, 1.54) is 18.2 Å². The molecule has 0 fully saturated rings. The van der Waals surface area contributed by atoms with E-state index in [1.54, 1.807) is 27.0 Å². The van der Waals surface area contributed by atoms with E-state index in [0.29, 0.717) is 5.56 Å². The van der Waals surface area contributed by atoms with Crippen LogP contribution < -0.4 is 10.1 Å². The minimum absolute atomic E-state index is 0.0469. The van der Waals surface area contributed by atoms with E-state index >= 15 is 0 Å². The number of para-hydroxylation sites is 1. The summed E-state index contributed by atoms with van der Waals surface area (Å²) >= 11 is 0. The van der Waals surface area contributed by atoms with Crippen LogP contribution in [0.1, 0.15) is 19.4 Å². The first kappa shape index (κ1) is 16.5. The van der Waals surface area contributed by atoms with E-state index in [-0.39, 0.29) is 23.9 Å². The van der Waals surface area contributed by atoms with E-state index in [2.05, 4.69) is 10.1 Å².